The lowest BCUT2D eigenvalue weighted by molar-refractivity contribution is -0.140. The van der Waals surface area contributed by atoms with E-state index in [0.717, 1.165) is 22.1 Å². The quantitative estimate of drug-likeness (QED) is 0.732. The van der Waals surface area contributed by atoms with Gasteiger partial charge < -0.3 is 10.1 Å². The number of carboxylic acid groups (broad SMARTS) is 1. The molecule has 1 aliphatic carbocycles. The molecule has 0 fully saturated rings. The molecule has 2 aliphatic rings. The predicted octanol–water partition coefficient (Wildman–Crippen LogP) is 3.46. The first-order chi connectivity index (χ1) is 10.1. The Morgan fingerprint density at radius 3 is 2.95 bits per heavy atom. The number of carboxylic acids is 1. The molecule has 1 aliphatic heterocycles. The molecule has 2 heterocycles. The number of H-pyrrole nitrogens is 1. The first kappa shape index (κ1) is 15.8. The first-order valence-electron chi connectivity index (χ1n) is 7.00. The number of aliphatic carboxylic acids is 1. The summed E-state index contributed by atoms with van der Waals surface area (Å²) in [6, 6.07) is 6.45. The zero-order chi connectivity index (χ0) is 14.7. The number of fused-ring (bicyclic) bond motifs is 2. The number of benzene rings is 1. The summed E-state index contributed by atoms with van der Waals surface area (Å²) >= 11 is 3.62. The highest BCUT2D eigenvalue weighted by Crippen LogP contribution is 2.43. The Labute approximate surface area is 147 Å². The second-order valence-corrected chi connectivity index (χ2v) is 6.66. The molecule has 116 valence electrons. The summed E-state index contributed by atoms with van der Waals surface area (Å²) in [6.45, 7) is 0.566. The van der Waals surface area contributed by atoms with Crippen molar-refractivity contribution in [2.45, 2.75) is 12.5 Å². The molecule has 0 bridgehead atoms. The van der Waals surface area contributed by atoms with Crippen LogP contribution in [0.3, 0.4) is 0 Å². The molecular formula is C16H16Br2N2O2. The molecule has 0 amide bonds. The summed E-state index contributed by atoms with van der Waals surface area (Å²) in [4.78, 5) is 16.9. The number of aromatic nitrogens is 1. The average Bonchev–Trinajstić information content (AvgIpc) is 2.77. The van der Waals surface area contributed by atoms with Crippen molar-refractivity contribution in [3.8, 4) is 0 Å². The van der Waals surface area contributed by atoms with Gasteiger partial charge in [0.1, 0.15) is 0 Å². The van der Waals surface area contributed by atoms with Crippen LogP contribution >= 0.6 is 32.9 Å². The number of nitrogens with one attached hydrogen (secondary N) is 1. The van der Waals surface area contributed by atoms with Crippen molar-refractivity contribution in [3.05, 3.63) is 40.0 Å². The molecule has 4 rings (SSSR count). The fourth-order valence-corrected chi connectivity index (χ4v) is 4.22. The van der Waals surface area contributed by atoms with E-state index in [0.29, 0.717) is 6.54 Å². The van der Waals surface area contributed by atoms with Crippen LogP contribution in [-0.2, 0) is 11.2 Å². The Morgan fingerprint density at radius 2 is 2.23 bits per heavy atom. The lowest BCUT2D eigenvalue weighted by atomic mass is 9.80. The van der Waals surface area contributed by atoms with Crippen molar-refractivity contribution in [1.82, 2.24) is 9.88 Å². The van der Waals surface area contributed by atoms with E-state index in [-0.39, 0.29) is 23.0 Å². The van der Waals surface area contributed by atoms with Crippen molar-refractivity contribution in [1.29, 1.82) is 0 Å². The molecular weight excluding hydrogens is 412 g/mol. The van der Waals surface area contributed by atoms with Crippen LogP contribution in [-0.4, -0.2) is 40.6 Å². The van der Waals surface area contributed by atoms with Crippen LogP contribution in [0.15, 0.2) is 28.9 Å². The van der Waals surface area contributed by atoms with Gasteiger partial charge in [0.2, 0.25) is 0 Å². The number of hydrogen-bond donors (Lipinski definition) is 2. The SMILES string of the molecule is Br.CN1C[C@H](C(=O)O)C=C2c3cccc4[nH]c(Br)c(c34)C[C@H]21. The number of likely N-dealkylation sites (N-methyl/N-ethyl adjacent to an activating group) is 1. The fourth-order valence-electron chi connectivity index (χ4n) is 3.65. The third-order valence-corrected chi connectivity index (χ3v) is 5.33. The van der Waals surface area contributed by atoms with Gasteiger partial charge >= 0.3 is 5.97 Å². The minimum Gasteiger partial charge on any atom is -0.481 e. The van der Waals surface area contributed by atoms with Crippen LogP contribution < -0.4 is 0 Å². The van der Waals surface area contributed by atoms with Crippen molar-refractivity contribution in [2.75, 3.05) is 13.6 Å². The molecule has 0 saturated carbocycles. The van der Waals surface area contributed by atoms with Gasteiger partial charge in [0.05, 0.1) is 10.5 Å². The monoisotopic (exact) mass is 426 g/mol. The highest BCUT2D eigenvalue weighted by Gasteiger charge is 2.36. The van der Waals surface area contributed by atoms with Crippen molar-refractivity contribution < 1.29 is 9.90 Å². The van der Waals surface area contributed by atoms with E-state index in [1.807, 2.05) is 19.2 Å². The van der Waals surface area contributed by atoms with Gasteiger partial charge in [0.15, 0.2) is 0 Å². The van der Waals surface area contributed by atoms with E-state index in [1.165, 1.54) is 16.5 Å². The molecule has 2 atom stereocenters. The van der Waals surface area contributed by atoms with Crippen LogP contribution in [0.25, 0.3) is 16.5 Å². The smallest absolute Gasteiger partial charge is 0.311 e. The van der Waals surface area contributed by atoms with Gasteiger partial charge in [-0.15, -0.1) is 17.0 Å². The second-order valence-electron chi connectivity index (χ2n) is 5.87. The van der Waals surface area contributed by atoms with E-state index in [1.54, 1.807) is 0 Å². The lowest BCUT2D eigenvalue weighted by Crippen LogP contribution is -2.44. The number of aromatic amines is 1. The first-order valence-corrected chi connectivity index (χ1v) is 7.79. The molecule has 6 heteroatoms. The maximum atomic E-state index is 11.4. The number of rotatable bonds is 1. The second kappa shape index (κ2) is 5.51. The Hall–Kier alpha value is -1.11. The van der Waals surface area contributed by atoms with E-state index < -0.39 is 11.9 Å². The van der Waals surface area contributed by atoms with Crippen molar-refractivity contribution in [2.24, 2.45) is 5.92 Å². The molecule has 0 radical (unpaired) electrons. The lowest BCUT2D eigenvalue weighted by Gasteiger charge is -2.38. The molecule has 22 heavy (non-hydrogen) atoms. The van der Waals surface area contributed by atoms with Crippen LogP contribution in [0, 0.1) is 5.92 Å². The Balaban J connectivity index is 0.00000144. The van der Waals surface area contributed by atoms with E-state index in [2.05, 4.69) is 37.9 Å². The topological polar surface area (TPSA) is 56.3 Å². The van der Waals surface area contributed by atoms with Gasteiger partial charge in [0, 0.05) is 23.5 Å². The normalized spacial score (nSPS) is 23.6. The van der Waals surface area contributed by atoms with Gasteiger partial charge in [-0.05, 0) is 52.2 Å². The summed E-state index contributed by atoms with van der Waals surface area (Å²) in [7, 11) is 2.01. The largest absolute Gasteiger partial charge is 0.481 e. The zero-order valence-corrected chi connectivity index (χ0v) is 15.3. The molecule has 2 N–H and O–H groups in total. The third-order valence-electron chi connectivity index (χ3n) is 4.66. The number of carbonyl (C=O) groups is 1. The molecule has 4 nitrogen and oxygen atoms in total. The summed E-state index contributed by atoms with van der Waals surface area (Å²) in [5.41, 5.74) is 4.72. The van der Waals surface area contributed by atoms with Gasteiger partial charge in [0.25, 0.3) is 0 Å². The molecule has 0 spiro atoms. The van der Waals surface area contributed by atoms with Crippen molar-refractivity contribution in [3.63, 3.8) is 0 Å². The Kier molecular flexibility index (Phi) is 3.95. The van der Waals surface area contributed by atoms with Crippen molar-refractivity contribution >= 4 is 55.4 Å². The Bertz CT molecular complexity index is 797. The van der Waals surface area contributed by atoms with Gasteiger partial charge in [-0.25, -0.2) is 0 Å². The highest BCUT2D eigenvalue weighted by molar-refractivity contribution is 9.10. The minimum atomic E-state index is -0.749. The predicted molar refractivity (Wildman–Crippen MR) is 95.5 cm³/mol. The van der Waals surface area contributed by atoms with Crippen LogP contribution in [0.2, 0.25) is 0 Å². The van der Waals surface area contributed by atoms with E-state index in [9.17, 15) is 9.90 Å². The number of halogens is 2. The standard InChI is InChI=1S/C16H15BrN2O2.BrH/c1-19-7-8(16(20)21)5-10-9-3-2-4-12-14(9)11(6-13(10)19)15(17)18-12;/h2-5,8,13,18H,6-7H2,1H3,(H,20,21);1H/t8-,13-;/m1./s1. The van der Waals surface area contributed by atoms with Gasteiger partial charge in [-0.3, -0.25) is 9.69 Å². The molecule has 0 saturated heterocycles. The van der Waals surface area contributed by atoms with Crippen LogP contribution in [0.5, 0.6) is 0 Å². The zero-order valence-electron chi connectivity index (χ0n) is 12.0. The number of hydrogen-bond acceptors (Lipinski definition) is 2. The highest BCUT2D eigenvalue weighted by atomic mass is 79.9. The molecule has 1 aromatic carbocycles. The van der Waals surface area contributed by atoms with E-state index in [4.69, 9.17) is 0 Å². The summed E-state index contributed by atoms with van der Waals surface area (Å²) in [6.07, 6.45) is 2.86. The molecule has 1 aromatic heterocycles. The maximum absolute atomic E-state index is 11.4. The third kappa shape index (κ3) is 2.16. The maximum Gasteiger partial charge on any atom is 0.311 e. The number of nitrogens with zero attached hydrogens (tertiary/aromatic N) is 1. The van der Waals surface area contributed by atoms with Crippen LogP contribution in [0.4, 0.5) is 0 Å². The van der Waals surface area contributed by atoms with Gasteiger partial charge in [-0.2, -0.15) is 0 Å². The summed E-state index contributed by atoms with van der Waals surface area (Å²) in [5.74, 6) is -1.18. The van der Waals surface area contributed by atoms with E-state index >= 15 is 0 Å². The Morgan fingerprint density at radius 1 is 1.45 bits per heavy atom. The molecule has 0 unspecified atom stereocenters. The van der Waals surface area contributed by atoms with Crippen LogP contribution in [0.1, 0.15) is 11.1 Å². The molecule has 2 aromatic rings. The fraction of sp³-hybridized carbons (Fsp3) is 0.312. The summed E-state index contributed by atoms with van der Waals surface area (Å²) < 4.78 is 1.04. The average molecular weight is 428 g/mol. The van der Waals surface area contributed by atoms with Gasteiger partial charge in [-0.1, -0.05) is 18.2 Å². The summed E-state index contributed by atoms with van der Waals surface area (Å²) in [5, 5.41) is 10.6. The minimum absolute atomic E-state index is 0.